The minimum Gasteiger partial charge on any atom is -0.375 e. The summed E-state index contributed by atoms with van der Waals surface area (Å²) >= 11 is 0. The van der Waals surface area contributed by atoms with Crippen molar-refractivity contribution in [3.05, 3.63) is 0 Å². The molecule has 2 saturated heterocycles. The van der Waals surface area contributed by atoms with Crippen LogP contribution < -0.4 is 5.32 Å². The lowest BCUT2D eigenvalue weighted by molar-refractivity contribution is -0.150. The zero-order chi connectivity index (χ0) is 14.7. The molecule has 1 spiro atoms. The third-order valence-electron chi connectivity index (χ3n) is 5.88. The van der Waals surface area contributed by atoms with Gasteiger partial charge in [-0.1, -0.05) is 13.8 Å². The first kappa shape index (κ1) is 15.8. The van der Waals surface area contributed by atoms with Crippen molar-refractivity contribution in [3.8, 4) is 0 Å². The third kappa shape index (κ3) is 4.00. The lowest BCUT2D eigenvalue weighted by atomic mass is 9.73. The lowest BCUT2D eigenvalue weighted by Crippen LogP contribution is -2.53. The van der Waals surface area contributed by atoms with E-state index in [2.05, 4.69) is 24.1 Å². The molecule has 0 aromatic rings. The quantitative estimate of drug-likeness (QED) is 0.843. The summed E-state index contributed by atoms with van der Waals surface area (Å²) in [5.74, 6) is 1.67. The zero-order valence-electron chi connectivity index (χ0n) is 14.1. The standard InChI is InChI=1S/C18H34N2O/c1-15(2)13-19-14-16-4-9-20(10-5-16)17-6-11-21-18(12-17)7-3-8-18/h15-17,19H,3-14H2,1-2H3. The molecule has 3 aliphatic rings. The molecule has 1 unspecified atom stereocenters. The molecule has 1 aliphatic carbocycles. The van der Waals surface area contributed by atoms with Crippen LogP contribution in [0.15, 0.2) is 0 Å². The molecule has 122 valence electrons. The van der Waals surface area contributed by atoms with E-state index >= 15 is 0 Å². The Morgan fingerprint density at radius 1 is 1.19 bits per heavy atom. The molecule has 3 nitrogen and oxygen atoms in total. The lowest BCUT2D eigenvalue weighted by Gasteiger charge is -2.50. The second-order valence-electron chi connectivity index (χ2n) is 8.06. The first-order valence-electron chi connectivity index (χ1n) is 9.26. The molecule has 1 atom stereocenters. The van der Waals surface area contributed by atoms with Crippen molar-refractivity contribution >= 4 is 0 Å². The van der Waals surface area contributed by atoms with Crippen LogP contribution in [0.25, 0.3) is 0 Å². The first-order valence-corrected chi connectivity index (χ1v) is 9.26. The molecule has 2 aliphatic heterocycles. The molecule has 3 fully saturated rings. The number of nitrogens with zero attached hydrogens (tertiary/aromatic N) is 1. The Kier molecular flexibility index (Phi) is 5.23. The fourth-order valence-electron chi connectivity index (χ4n) is 4.33. The molecule has 1 saturated carbocycles. The summed E-state index contributed by atoms with van der Waals surface area (Å²) in [5, 5.41) is 3.64. The van der Waals surface area contributed by atoms with Crippen molar-refractivity contribution in [1.82, 2.24) is 10.2 Å². The second-order valence-corrected chi connectivity index (χ2v) is 8.06. The van der Waals surface area contributed by atoms with Crippen molar-refractivity contribution in [3.63, 3.8) is 0 Å². The van der Waals surface area contributed by atoms with Crippen molar-refractivity contribution < 1.29 is 4.74 Å². The molecule has 0 aromatic carbocycles. The number of hydrogen-bond donors (Lipinski definition) is 1. The van der Waals surface area contributed by atoms with Gasteiger partial charge >= 0.3 is 0 Å². The average Bonchev–Trinajstić information content (AvgIpc) is 2.46. The third-order valence-corrected chi connectivity index (χ3v) is 5.88. The molecule has 3 rings (SSSR count). The number of hydrogen-bond acceptors (Lipinski definition) is 3. The SMILES string of the molecule is CC(C)CNCC1CCN(C2CCOC3(CCC3)C2)CC1. The Hall–Kier alpha value is -0.120. The highest BCUT2D eigenvalue weighted by molar-refractivity contribution is 4.97. The van der Waals surface area contributed by atoms with E-state index in [4.69, 9.17) is 4.74 Å². The van der Waals surface area contributed by atoms with E-state index in [1.165, 1.54) is 71.1 Å². The van der Waals surface area contributed by atoms with Crippen LogP contribution in [0.1, 0.15) is 58.8 Å². The minimum atomic E-state index is 0.304. The number of rotatable bonds is 5. The molecule has 0 aromatic heterocycles. The first-order chi connectivity index (χ1) is 10.2. The van der Waals surface area contributed by atoms with Gasteiger partial charge in [0.2, 0.25) is 0 Å². The fourth-order valence-corrected chi connectivity index (χ4v) is 4.33. The average molecular weight is 294 g/mol. The number of ether oxygens (including phenoxy) is 1. The van der Waals surface area contributed by atoms with E-state index < -0.39 is 0 Å². The molecular weight excluding hydrogens is 260 g/mol. The van der Waals surface area contributed by atoms with Gasteiger partial charge in [0.25, 0.3) is 0 Å². The van der Waals surface area contributed by atoms with Crippen LogP contribution in [0.4, 0.5) is 0 Å². The van der Waals surface area contributed by atoms with E-state index in [9.17, 15) is 0 Å². The largest absolute Gasteiger partial charge is 0.375 e. The molecule has 0 radical (unpaired) electrons. The van der Waals surface area contributed by atoms with Crippen molar-refractivity contribution in [1.29, 1.82) is 0 Å². The molecule has 21 heavy (non-hydrogen) atoms. The van der Waals surface area contributed by atoms with Crippen LogP contribution in [0.5, 0.6) is 0 Å². The van der Waals surface area contributed by atoms with Crippen LogP contribution in [-0.4, -0.2) is 49.3 Å². The molecule has 1 N–H and O–H groups in total. The Morgan fingerprint density at radius 3 is 2.57 bits per heavy atom. The van der Waals surface area contributed by atoms with Gasteiger partial charge in [-0.2, -0.15) is 0 Å². The molecule has 0 bridgehead atoms. The number of piperidine rings is 1. The highest BCUT2D eigenvalue weighted by atomic mass is 16.5. The van der Waals surface area contributed by atoms with Gasteiger partial charge in [0.15, 0.2) is 0 Å². The maximum absolute atomic E-state index is 6.08. The normalized spacial score (nSPS) is 30.7. The summed E-state index contributed by atoms with van der Waals surface area (Å²) in [7, 11) is 0. The van der Waals surface area contributed by atoms with Crippen LogP contribution in [-0.2, 0) is 4.74 Å². The second kappa shape index (κ2) is 6.97. The van der Waals surface area contributed by atoms with Gasteiger partial charge in [0.1, 0.15) is 0 Å². The highest BCUT2D eigenvalue weighted by Crippen LogP contribution is 2.43. The maximum Gasteiger partial charge on any atom is 0.0697 e. The van der Waals surface area contributed by atoms with Crippen LogP contribution in [0.3, 0.4) is 0 Å². The van der Waals surface area contributed by atoms with Crippen molar-refractivity contribution in [2.24, 2.45) is 11.8 Å². The topological polar surface area (TPSA) is 24.5 Å². The van der Waals surface area contributed by atoms with Gasteiger partial charge in [-0.3, -0.25) is 0 Å². The minimum absolute atomic E-state index is 0.304. The van der Waals surface area contributed by atoms with E-state index in [0.717, 1.165) is 24.5 Å². The summed E-state index contributed by atoms with van der Waals surface area (Å²) in [5.41, 5.74) is 0.304. The van der Waals surface area contributed by atoms with E-state index in [-0.39, 0.29) is 0 Å². The van der Waals surface area contributed by atoms with Crippen molar-refractivity contribution in [2.45, 2.75) is 70.4 Å². The highest BCUT2D eigenvalue weighted by Gasteiger charge is 2.44. The van der Waals surface area contributed by atoms with Gasteiger partial charge < -0.3 is 15.0 Å². The summed E-state index contributed by atoms with van der Waals surface area (Å²) in [6.07, 6.45) is 9.36. The predicted molar refractivity (Wildman–Crippen MR) is 87.6 cm³/mol. The Labute approximate surface area is 130 Å². The van der Waals surface area contributed by atoms with E-state index in [1.807, 2.05) is 0 Å². The number of likely N-dealkylation sites (tertiary alicyclic amines) is 1. The predicted octanol–water partition coefficient (Wildman–Crippen LogP) is 3.05. The van der Waals surface area contributed by atoms with Gasteiger partial charge in [-0.15, -0.1) is 0 Å². The van der Waals surface area contributed by atoms with Gasteiger partial charge in [0, 0.05) is 12.6 Å². The Balaban J connectivity index is 1.39. The van der Waals surface area contributed by atoms with E-state index in [1.54, 1.807) is 0 Å². The molecule has 3 heteroatoms. The zero-order valence-corrected chi connectivity index (χ0v) is 14.1. The summed E-state index contributed by atoms with van der Waals surface area (Å²) in [6.45, 7) is 10.6. The fraction of sp³-hybridized carbons (Fsp3) is 1.00. The maximum atomic E-state index is 6.08. The molecule has 0 amide bonds. The summed E-state index contributed by atoms with van der Waals surface area (Å²) in [4.78, 5) is 2.78. The Morgan fingerprint density at radius 2 is 1.95 bits per heavy atom. The van der Waals surface area contributed by atoms with E-state index in [0.29, 0.717) is 5.60 Å². The van der Waals surface area contributed by atoms with Crippen LogP contribution in [0, 0.1) is 11.8 Å². The summed E-state index contributed by atoms with van der Waals surface area (Å²) in [6, 6.07) is 0.809. The Bertz CT molecular complexity index is 319. The van der Waals surface area contributed by atoms with Gasteiger partial charge in [-0.05, 0) is 83.0 Å². The monoisotopic (exact) mass is 294 g/mol. The van der Waals surface area contributed by atoms with Gasteiger partial charge in [0.05, 0.1) is 5.60 Å². The summed E-state index contributed by atoms with van der Waals surface area (Å²) < 4.78 is 6.08. The number of nitrogens with one attached hydrogen (secondary N) is 1. The molecule has 2 heterocycles. The van der Waals surface area contributed by atoms with Crippen molar-refractivity contribution in [2.75, 3.05) is 32.8 Å². The molecular formula is C18H34N2O. The smallest absolute Gasteiger partial charge is 0.0697 e. The van der Waals surface area contributed by atoms with Crippen LogP contribution in [0.2, 0.25) is 0 Å². The van der Waals surface area contributed by atoms with Gasteiger partial charge in [-0.25, -0.2) is 0 Å². The van der Waals surface area contributed by atoms with Crippen LogP contribution >= 0.6 is 0 Å².